The summed E-state index contributed by atoms with van der Waals surface area (Å²) in [5, 5.41) is 15.9. The molecular weight excluding hydrogens is 489 g/mol. The molecule has 0 aliphatic carbocycles. The van der Waals surface area contributed by atoms with Crippen molar-refractivity contribution in [2.45, 2.75) is 12.1 Å². The van der Waals surface area contributed by atoms with Crippen LogP contribution in [-0.2, 0) is 4.79 Å². The summed E-state index contributed by atoms with van der Waals surface area (Å²) in [5.74, 6) is 7.17. The molecule has 0 radical (unpaired) electrons. The van der Waals surface area contributed by atoms with Gasteiger partial charge >= 0.3 is 0 Å². The minimum Gasteiger partial charge on any atom is -0.493 e. The second kappa shape index (κ2) is 11.1. The largest absolute Gasteiger partial charge is 0.493 e. The van der Waals surface area contributed by atoms with Crippen LogP contribution in [0.3, 0.4) is 0 Å². The summed E-state index contributed by atoms with van der Waals surface area (Å²) in [7, 11) is 3.13. The van der Waals surface area contributed by atoms with E-state index in [0.717, 1.165) is 17.3 Å². The van der Waals surface area contributed by atoms with Crippen molar-refractivity contribution in [1.82, 2.24) is 14.9 Å². The number of methoxy groups -OCH3 is 2. The Balaban J connectivity index is 1.61. The number of halogens is 2. The van der Waals surface area contributed by atoms with E-state index in [9.17, 15) is 4.79 Å². The monoisotopic (exact) mass is 509 g/mol. The molecule has 0 aliphatic heterocycles. The van der Waals surface area contributed by atoms with Crippen LogP contribution in [0.5, 0.6) is 11.5 Å². The third kappa shape index (κ3) is 6.01. The third-order valence-electron chi connectivity index (χ3n) is 4.35. The van der Waals surface area contributed by atoms with Crippen molar-refractivity contribution in [3.8, 4) is 11.5 Å². The van der Waals surface area contributed by atoms with Crippen molar-refractivity contribution in [3.05, 3.63) is 52.0 Å². The number of rotatable bonds is 9. The first kappa shape index (κ1) is 24.5. The highest BCUT2D eigenvalue weighted by Crippen LogP contribution is 2.30. The molecule has 0 fully saturated rings. The smallest absolute Gasteiger partial charge is 0.264 e. The normalized spacial score (nSPS) is 11.2. The topological polar surface area (TPSA) is 129 Å². The van der Waals surface area contributed by atoms with Gasteiger partial charge in [-0.1, -0.05) is 41.0 Å². The zero-order valence-electron chi connectivity index (χ0n) is 17.9. The molecule has 0 aliphatic rings. The fourth-order valence-electron chi connectivity index (χ4n) is 2.63. The van der Waals surface area contributed by atoms with Crippen LogP contribution in [0.15, 0.2) is 46.7 Å². The fourth-order valence-corrected chi connectivity index (χ4v) is 3.63. The molecule has 33 heavy (non-hydrogen) atoms. The number of hydrazone groups is 1. The van der Waals surface area contributed by atoms with Crippen molar-refractivity contribution >= 4 is 58.2 Å². The van der Waals surface area contributed by atoms with Gasteiger partial charge in [-0.25, -0.2) is 10.1 Å². The Labute approximate surface area is 204 Å². The van der Waals surface area contributed by atoms with Gasteiger partial charge in [-0.2, -0.15) is 5.10 Å². The van der Waals surface area contributed by atoms with E-state index in [1.807, 2.05) is 13.0 Å². The van der Waals surface area contributed by atoms with Crippen LogP contribution in [0.4, 0.5) is 11.6 Å². The molecule has 1 amide bonds. The molecule has 174 valence electrons. The minimum atomic E-state index is -0.302. The van der Waals surface area contributed by atoms with Crippen molar-refractivity contribution in [1.29, 1.82) is 0 Å². The molecule has 10 nitrogen and oxygen atoms in total. The molecule has 3 aromatic rings. The van der Waals surface area contributed by atoms with Gasteiger partial charge in [0.1, 0.15) is 0 Å². The molecule has 1 aromatic heterocycles. The Hall–Kier alpha value is -3.15. The summed E-state index contributed by atoms with van der Waals surface area (Å²) in [6.07, 6.45) is 0. The number of amides is 1. The second-order valence-corrected chi connectivity index (χ2v) is 8.22. The van der Waals surface area contributed by atoms with E-state index < -0.39 is 0 Å². The van der Waals surface area contributed by atoms with Gasteiger partial charge in [-0.15, -0.1) is 10.2 Å². The van der Waals surface area contributed by atoms with E-state index in [-0.39, 0.29) is 22.6 Å². The molecule has 1 heterocycles. The van der Waals surface area contributed by atoms with E-state index in [1.54, 1.807) is 44.6 Å². The van der Waals surface area contributed by atoms with E-state index >= 15 is 0 Å². The van der Waals surface area contributed by atoms with E-state index in [1.165, 1.54) is 4.68 Å². The predicted molar refractivity (Wildman–Crippen MR) is 131 cm³/mol. The molecule has 0 bridgehead atoms. The van der Waals surface area contributed by atoms with Crippen LogP contribution in [0.25, 0.3) is 0 Å². The van der Waals surface area contributed by atoms with Gasteiger partial charge in [0.2, 0.25) is 11.1 Å². The molecule has 0 spiro atoms. The van der Waals surface area contributed by atoms with Crippen molar-refractivity contribution < 1.29 is 14.3 Å². The van der Waals surface area contributed by atoms with Gasteiger partial charge in [-0.05, 0) is 37.3 Å². The average Bonchev–Trinajstić information content (AvgIpc) is 3.17. The average molecular weight is 510 g/mol. The Bertz CT molecular complexity index is 1190. The second-order valence-electron chi connectivity index (χ2n) is 6.49. The van der Waals surface area contributed by atoms with Crippen LogP contribution in [0.1, 0.15) is 12.5 Å². The maximum Gasteiger partial charge on any atom is 0.264 e. The number of anilines is 2. The fraction of sp³-hybridized carbons (Fsp3) is 0.200. The number of benzene rings is 2. The number of thioether (sulfide) groups is 1. The zero-order valence-corrected chi connectivity index (χ0v) is 20.3. The molecule has 13 heteroatoms. The summed E-state index contributed by atoms with van der Waals surface area (Å²) in [4.78, 5) is 12.2. The van der Waals surface area contributed by atoms with E-state index in [4.69, 9.17) is 38.5 Å². The van der Waals surface area contributed by atoms with Crippen LogP contribution < -0.4 is 26.1 Å². The number of nitrogen functional groups attached to an aromatic ring is 1. The maximum absolute atomic E-state index is 12.2. The van der Waals surface area contributed by atoms with Crippen molar-refractivity contribution in [2.75, 3.05) is 36.6 Å². The van der Waals surface area contributed by atoms with Gasteiger partial charge in [0.15, 0.2) is 11.5 Å². The molecule has 0 saturated heterocycles. The number of nitrogens with two attached hydrogens (primary N) is 1. The van der Waals surface area contributed by atoms with E-state index in [0.29, 0.717) is 33.1 Å². The minimum absolute atomic E-state index is 0.0338. The summed E-state index contributed by atoms with van der Waals surface area (Å²) < 4.78 is 11.8. The third-order valence-corrected chi connectivity index (χ3v) is 6.11. The first-order valence-electron chi connectivity index (χ1n) is 9.44. The van der Waals surface area contributed by atoms with Crippen molar-refractivity contribution in [3.63, 3.8) is 0 Å². The summed E-state index contributed by atoms with van der Waals surface area (Å²) in [6, 6.07) is 10.4. The van der Waals surface area contributed by atoms with Crippen LogP contribution in [-0.4, -0.2) is 46.5 Å². The molecular formula is C20H21Cl2N7O3S. The zero-order chi connectivity index (χ0) is 24.0. The van der Waals surface area contributed by atoms with E-state index in [2.05, 4.69) is 26.0 Å². The number of nitrogens with one attached hydrogen (secondary N) is 2. The Morgan fingerprint density at radius 3 is 2.67 bits per heavy atom. The number of hydrogen-bond donors (Lipinski definition) is 3. The lowest BCUT2D eigenvalue weighted by molar-refractivity contribution is -0.113. The number of carbonyl (C=O) groups is 1. The van der Waals surface area contributed by atoms with Gasteiger partial charge < -0.3 is 20.6 Å². The highest BCUT2D eigenvalue weighted by molar-refractivity contribution is 7.99. The molecule has 3 rings (SSSR count). The first-order valence-corrected chi connectivity index (χ1v) is 11.2. The van der Waals surface area contributed by atoms with Crippen LogP contribution in [0, 0.1) is 0 Å². The Morgan fingerprint density at radius 2 is 1.94 bits per heavy atom. The molecule has 4 N–H and O–H groups in total. The lowest BCUT2D eigenvalue weighted by Crippen LogP contribution is -2.17. The van der Waals surface area contributed by atoms with Crippen molar-refractivity contribution in [2.24, 2.45) is 5.10 Å². The molecule has 0 atom stereocenters. The van der Waals surface area contributed by atoms with Gasteiger partial charge in [0.25, 0.3) is 5.95 Å². The van der Waals surface area contributed by atoms with Crippen LogP contribution >= 0.6 is 35.0 Å². The summed E-state index contributed by atoms with van der Waals surface area (Å²) >= 11 is 13.1. The molecule has 0 unspecified atom stereocenters. The van der Waals surface area contributed by atoms with Gasteiger partial charge in [0.05, 0.1) is 41.4 Å². The molecule has 2 aromatic carbocycles. The quantitative estimate of drug-likeness (QED) is 0.171. The summed E-state index contributed by atoms with van der Waals surface area (Å²) in [5.41, 5.74) is 4.67. The number of ether oxygens (including phenoxy) is 2. The number of nitrogens with zero attached hydrogens (tertiary/aromatic N) is 4. The number of hydrogen-bond acceptors (Lipinski definition) is 9. The van der Waals surface area contributed by atoms with Gasteiger partial charge in [-0.3, -0.25) is 4.79 Å². The lowest BCUT2D eigenvalue weighted by Gasteiger charge is -2.09. The number of aromatic nitrogens is 3. The highest BCUT2D eigenvalue weighted by Gasteiger charge is 2.14. The SMILES string of the molecule is COc1ccc(/C(C)=N/Nc2nnc(SCC(=O)Nc3cccc(Cl)c3Cl)n2N)cc1OC. The highest BCUT2D eigenvalue weighted by atomic mass is 35.5. The molecule has 0 saturated carbocycles. The van der Waals surface area contributed by atoms with Crippen LogP contribution in [0.2, 0.25) is 10.0 Å². The Kier molecular flexibility index (Phi) is 8.26. The standard InChI is InChI=1S/C20H21Cl2N7O3S/c1-11(12-7-8-15(31-2)16(9-12)32-3)25-26-19-27-28-20(29(19)23)33-10-17(30)24-14-6-4-5-13(21)18(14)22/h4-9H,10,23H2,1-3H3,(H,24,30)(H,26,27)/b25-11+. The number of carbonyl (C=O) groups excluding carboxylic acids is 1. The van der Waals surface area contributed by atoms with Gasteiger partial charge in [0, 0.05) is 5.56 Å². The maximum atomic E-state index is 12.2. The first-order chi connectivity index (χ1) is 15.8. The summed E-state index contributed by atoms with van der Waals surface area (Å²) in [6.45, 7) is 1.81. The lowest BCUT2D eigenvalue weighted by atomic mass is 10.1. The Morgan fingerprint density at radius 1 is 1.18 bits per heavy atom. The predicted octanol–water partition coefficient (Wildman–Crippen LogP) is 3.88.